The number of methoxy groups -OCH3 is 1. The molecule has 2 heterocycles. The zero-order valence-corrected chi connectivity index (χ0v) is 26.4. The van der Waals surface area contributed by atoms with Crippen LogP contribution in [0, 0.1) is 0 Å². The van der Waals surface area contributed by atoms with Crippen molar-refractivity contribution in [1.82, 2.24) is 19.1 Å². The molecule has 45 heavy (non-hydrogen) atoms. The molecule has 1 aliphatic rings. The number of hydrogen-bond donors (Lipinski definition) is 1. The molecular formula is C34H41N5O5S. The van der Waals surface area contributed by atoms with Crippen molar-refractivity contribution < 1.29 is 22.7 Å². The molecular weight excluding hydrogens is 590 g/mol. The third-order valence-electron chi connectivity index (χ3n) is 8.14. The summed E-state index contributed by atoms with van der Waals surface area (Å²) in [4.78, 5) is 21.3. The van der Waals surface area contributed by atoms with E-state index in [4.69, 9.17) is 15.2 Å². The SMILES string of the molecule is COc1ccc(CC(CN2CCCN(C(=O)OCc3ccccc3)CC2)N(CCN)S(=O)(=O)c2cccc3cnccc23)cc1. The smallest absolute Gasteiger partial charge is 0.410 e. The van der Waals surface area contributed by atoms with Gasteiger partial charge >= 0.3 is 6.09 Å². The molecule has 1 amide bonds. The fourth-order valence-corrected chi connectivity index (χ4v) is 7.65. The molecule has 0 bridgehead atoms. The lowest BCUT2D eigenvalue weighted by Gasteiger charge is -2.35. The van der Waals surface area contributed by atoms with E-state index in [2.05, 4.69) is 9.88 Å². The van der Waals surface area contributed by atoms with E-state index in [0.717, 1.165) is 35.2 Å². The standard InChI is InChI=1S/C34H41N5O5S/c1-43-31-13-11-27(12-14-31)23-30(39(20-16-35)45(41,42)33-10-5-9-29-24-36-17-15-32(29)33)25-37-18-6-19-38(22-21-37)34(40)44-26-28-7-3-2-4-8-28/h2-5,7-15,17,24,30H,6,16,18-23,25-26,35H2,1H3. The van der Waals surface area contributed by atoms with Gasteiger partial charge in [-0.25, -0.2) is 13.2 Å². The van der Waals surface area contributed by atoms with Crippen molar-refractivity contribution in [3.8, 4) is 5.75 Å². The van der Waals surface area contributed by atoms with Crippen LogP contribution in [-0.2, 0) is 27.8 Å². The third kappa shape index (κ3) is 8.17. The van der Waals surface area contributed by atoms with E-state index in [1.54, 1.807) is 46.9 Å². The molecule has 11 heteroatoms. The monoisotopic (exact) mass is 631 g/mol. The normalized spacial score (nSPS) is 15.1. The van der Waals surface area contributed by atoms with Gasteiger partial charge < -0.3 is 20.1 Å². The minimum absolute atomic E-state index is 0.163. The molecule has 1 unspecified atom stereocenters. The molecule has 2 N–H and O–H groups in total. The summed E-state index contributed by atoms with van der Waals surface area (Å²) in [5.74, 6) is 0.734. The molecule has 5 rings (SSSR count). The minimum atomic E-state index is -3.95. The lowest BCUT2D eigenvalue weighted by atomic mass is 10.0. The Hall–Kier alpha value is -4.03. The van der Waals surface area contributed by atoms with Gasteiger partial charge in [-0.3, -0.25) is 9.88 Å². The Morgan fingerprint density at radius 2 is 1.76 bits per heavy atom. The largest absolute Gasteiger partial charge is 0.497 e. The zero-order valence-electron chi connectivity index (χ0n) is 25.6. The molecule has 1 aromatic heterocycles. The second kappa shape index (κ2) is 15.3. The van der Waals surface area contributed by atoms with Gasteiger partial charge in [0.05, 0.1) is 12.0 Å². The molecule has 1 aliphatic heterocycles. The number of sulfonamides is 1. The maximum atomic E-state index is 14.5. The van der Waals surface area contributed by atoms with Crippen LogP contribution < -0.4 is 10.5 Å². The van der Waals surface area contributed by atoms with E-state index in [1.807, 2.05) is 60.7 Å². The van der Waals surface area contributed by atoms with Crippen LogP contribution in [0.2, 0.25) is 0 Å². The van der Waals surface area contributed by atoms with Crippen LogP contribution in [-0.4, -0.2) is 92.6 Å². The van der Waals surface area contributed by atoms with Crippen molar-refractivity contribution in [3.05, 3.63) is 102 Å². The number of hydrogen-bond acceptors (Lipinski definition) is 8. The van der Waals surface area contributed by atoms with Crippen LogP contribution in [0.4, 0.5) is 4.79 Å². The first-order valence-electron chi connectivity index (χ1n) is 15.2. The number of benzene rings is 3. The Kier molecular flexibility index (Phi) is 11.0. The maximum Gasteiger partial charge on any atom is 0.410 e. The predicted molar refractivity (Wildman–Crippen MR) is 174 cm³/mol. The van der Waals surface area contributed by atoms with Gasteiger partial charge in [-0.2, -0.15) is 4.31 Å². The fraction of sp³-hybridized carbons (Fsp3) is 0.353. The van der Waals surface area contributed by atoms with E-state index in [1.165, 1.54) is 0 Å². The van der Waals surface area contributed by atoms with Gasteiger partial charge in [0.1, 0.15) is 12.4 Å². The van der Waals surface area contributed by atoms with Crippen LogP contribution in [0.1, 0.15) is 17.5 Å². The van der Waals surface area contributed by atoms with Gasteiger partial charge in [-0.05, 0) is 54.8 Å². The highest BCUT2D eigenvalue weighted by atomic mass is 32.2. The summed E-state index contributed by atoms with van der Waals surface area (Å²) in [5.41, 5.74) is 7.99. The molecule has 10 nitrogen and oxygen atoms in total. The summed E-state index contributed by atoms with van der Waals surface area (Å²) in [7, 11) is -2.33. The van der Waals surface area contributed by atoms with Crippen LogP contribution in [0.3, 0.4) is 0 Å². The number of fused-ring (bicyclic) bond motifs is 1. The molecule has 0 radical (unpaired) electrons. The highest BCUT2D eigenvalue weighted by molar-refractivity contribution is 7.89. The number of ether oxygens (including phenoxy) is 2. The van der Waals surface area contributed by atoms with Gasteiger partial charge in [0, 0.05) is 68.5 Å². The summed E-state index contributed by atoms with van der Waals surface area (Å²) in [6.07, 6.45) is 4.17. The number of pyridine rings is 1. The molecule has 0 aliphatic carbocycles. The molecule has 1 fully saturated rings. The van der Waals surface area contributed by atoms with E-state index in [-0.39, 0.29) is 30.7 Å². The van der Waals surface area contributed by atoms with Crippen molar-refractivity contribution in [1.29, 1.82) is 0 Å². The van der Waals surface area contributed by atoms with Crippen molar-refractivity contribution in [2.75, 3.05) is 52.9 Å². The van der Waals surface area contributed by atoms with Gasteiger partial charge in [0.2, 0.25) is 10.0 Å². The topological polar surface area (TPSA) is 118 Å². The van der Waals surface area contributed by atoms with E-state index < -0.39 is 16.1 Å². The van der Waals surface area contributed by atoms with E-state index in [9.17, 15) is 13.2 Å². The van der Waals surface area contributed by atoms with Gasteiger partial charge in [-0.15, -0.1) is 0 Å². The fourth-order valence-electron chi connectivity index (χ4n) is 5.81. The second-order valence-corrected chi connectivity index (χ2v) is 13.0. The van der Waals surface area contributed by atoms with Crippen LogP contribution in [0.5, 0.6) is 5.75 Å². The first kappa shape index (κ1) is 32.4. The maximum absolute atomic E-state index is 14.5. The quantitative estimate of drug-likeness (QED) is 0.248. The number of rotatable bonds is 12. The Balaban J connectivity index is 1.37. The highest BCUT2D eigenvalue weighted by Crippen LogP contribution is 2.28. The lowest BCUT2D eigenvalue weighted by molar-refractivity contribution is 0.0969. The Bertz CT molecular complexity index is 1650. The van der Waals surface area contributed by atoms with Crippen molar-refractivity contribution in [2.24, 2.45) is 5.73 Å². The van der Waals surface area contributed by atoms with Crippen molar-refractivity contribution >= 4 is 26.9 Å². The summed E-state index contributed by atoms with van der Waals surface area (Å²) >= 11 is 0. The summed E-state index contributed by atoms with van der Waals surface area (Å²) in [6.45, 7) is 3.41. The number of nitrogens with zero attached hydrogens (tertiary/aromatic N) is 4. The number of amides is 1. The Labute approximate surface area is 265 Å². The molecule has 3 aromatic carbocycles. The van der Waals surface area contributed by atoms with Crippen LogP contribution in [0.25, 0.3) is 10.8 Å². The molecule has 0 saturated carbocycles. The number of carbonyl (C=O) groups excluding carboxylic acids is 1. The average Bonchev–Trinajstić information content (AvgIpc) is 3.32. The Morgan fingerprint density at radius 3 is 2.51 bits per heavy atom. The zero-order chi connectivity index (χ0) is 31.6. The van der Waals surface area contributed by atoms with Gasteiger partial charge in [0.15, 0.2) is 0 Å². The van der Waals surface area contributed by atoms with Gasteiger partial charge in [0.25, 0.3) is 0 Å². The van der Waals surface area contributed by atoms with E-state index in [0.29, 0.717) is 38.0 Å². The molecule has 4 aromatic rings. The highest BCUT2D eigenvalue weighted by Gasteiger charge is 2.34. The van der Waals surface area contributed by atoms with Crippen LogP contribution >= 0.6 is 0 Å². The third-order valence-corrected chi connectivity index (χ3v) is 10.1. The summed E-state index contributed by atoms with van der Waals surface area (Å²) < 4.78 is 41.4. The van der Waals surface area contributed by atoms with Crippen molar-refractivity contribution in [3.63, 3.8) is 0 Å². The predicted octanol–water partition coefficient (Wildman–Crippen LogP) is 4.15. The molecule has 0 spiro atoms. The second-order valence-electron chi connectivity index (χ2n) is 11.1. The van der Waals surface area contributed by atoms with Gasteiger partial charge in [-0.1, -0.05) is 54.6 Å². The molecule has 238 valence electrons. The number of nitrogens with two attached hydrogens (primary N) is 1. The average molecular weight is 632 g/mol. The van der Waals surface area contributed by atoms with Crippen LogP contribution in [0.15, 0.2) is 96.2 Å². The first-order chi connectivity index (χ1) is 21.9. The first-order valence-corrected chi connectivity index (χ1v) is 16.7. The molecule has 1 saturated heterocycles. The summed E-state index contributed by atoms with van der Waals surface area (Å²) in [6, 6.07) is 23.9. The van der Waals surface area contributed by atoms with E-state index >= 15 is 0 Å². The lowest BCUT2D eigenvalue weighted by Crippen LogP contribution is -2.50. The van der Waals surface area contributed by atoms with Crippen molar-refractivity contribution in [2.45, 2.75) is 30.4 Å². The number of carbonyl (C=O) groups is 1. The number of aromatic nitrogens is 1. The minimum Gasteiger partial charge on any atom is -0.497 e. The Morgan fingerprint density at radius 1 is 0.956 bits per heavy atom. The summed E-state index contributed by atoms with van der Waals surface area (Å²) in [5, 5.41) is 1.38. The molecule has 1 atom stereocenters.